The topological polar surface area (TPSA) is 97.2 Å². The molecule has 0 bridgehead atoms. The van der Waals surface area contributed by atoms with Crippen molar-refractivity contribution in [3.05, 3.63) is 111 Å². The number of amides is 2. The van der Waals surface area contributed by atoms with E-state index >= 15 is 0 Å². The number of nitrogens with zero attached hydrogens (tertiary/aromatic N) is 4. The first kappa shape index (κ1) is 38.0. The first-order valence-electron chi connectivity index (χ1n) is 14.6. The molecule has 4 aromatic rings. The fraction of sp³-hybridized carbons (Fsp3) is 0.303. The van der Waals surface area contributed by atoms with Gasteiger partial charge in [-0.15, -0.1) is 0 Å². The Morgan fingerprint density at radius 3 is 2.14 bits per heavy atom. The number of alkyl halides is 6. The molecule has 0 aliphatic rings. The molecule has 266 valence electrons. The highest BCUT2D eigenvalue weighted by atomic mass is 35.5. The van der Waals surface area contributed by atoms with Crippen LogP contribution in [0.2, 0.25) is 5.02 Å². The van der Waals surface area contributed by atoms with Crippen molar-refractivity contribution >= 4 is 35.0 Å². The average Bonchev–Trinajstić information content (AvgIpc) is 3.36. The Morgan fingerprint density at radius 1 is 0.920 bits per heavy atom. The predicted octanol–water partition coefficient (Wildman–Crippen LogP) is 8.25. The van der Waals surface area contributed by atoms with Crippen molar-refractivity contribution < 1.29 is 49.5 Å². The minimum atomic E-state index is -5.01. The lowest BCUT2D eigenvalue weighted by atomic mass is 9.93. The first-order chi connectivity index (χ1) is 23.0. The lowest BCUT2D eigenvalue weighted by molar-refractivity contribution is -0.141. The van der Waals surface area contributed by atoms with Crippen LogP contribution in [-0.4, -0.2) is 44.1 Å². The van der Waals surface area contributed by atoms with Crippen LogP contribution < -0.4 is 5.32 Å². The molecule has 0 radical (unpaired) electrons. The van der Waals surface area contributed by atoms with E-state index < -0.39 is 88.0 Å². The first-order valence-corrected chi connectivity index (χ1v) is 15.0. The summed E-state index contributed by atoms with van der Waals surface area (Å²) < 4.78 is 109. The second kappa shape index (κ2) is 13.8. The summed E-state index contributed by atoms with van der Waals surface area (Å²) in [6.07, 6.45) is -8.79. The lowest BCUT2D eigenvalue weighted by Crippen LogP contribution is -2.44. The van der Waals surface area contributed by atoms with Gasteiger partial charge in [0, 0.05) is 29.7 Å². The molecule has 0 fully saturated rings. The summed E-state index contributed by atoms with van der Waals surface area (Å²) in [5.74, 6) is -6.79. The zero-order chi connectivity index (χ0) is 37.5. The van der Waals surface area contributed by atoms with Gasteiger partial charge in [0.1, 0.15) is 23.1 Å². The highest BCUT2D eigenvalue weighted by molar-refractivity contribution is 6.31. The number of carbonyl (C=O) groups is 3. The molecule has 0 saturated heterocycles. The van der Waals surface area contributed by atoms with Crippen LogP contribution in [0, 0.1) is 11.6 Å². The van der Waals surface area contributed by atoms with E-state index in [-0.39, 0.29) is 27.9 Å². The quantitative estimate of drug-likeness (QED) is 0.175. The van der Waals surface area contributed by atoms with Gasteiger partial charge in [0.25, 0.3) is 11.8 Å². The molecule has 8 nitrogen and oxygen atoms in total. The molecule has 0 aliphatic heterocycles. The van der Waals surface area contributed by atoms with Crippen LogP contribution in [-0.2, 0) is 29.2 Å². The van der Waals surface area contributed by atoms with Crippen LogP contribution in [0.1, 0.15) is 82.7 Å². The maximum Gasteiger partial charge on any atom is 0.433 e. The molecule has 2 aromatic heterocycles. The molecule has 17 heteroatoms. The number of pyridine rings is 1. The van der Waals surface area contributed by atoms with Crippen LogP contribution in [0.25, 0.3) is 0 Å². The number of aromatic nitrogens is 3. The fourth-order valence-corrected chi connectivity index (χ4v) is 5.40. The summed E-state index contributed by atoms with van der Waals surface area (Å²) >= 11 is 6.37. The number of halogens is 9. The largest absolute Gasteiger partial charge is 0.433 e. The van der Waals surface area contributed by atoms with Gasteiger partial charge in [0.05, 0.1) is 23.3 Å². The van der Waals surface area contributed by atoms with Crippen LogP contribution in [0.15, 0.2) is 54.7 Å². The summed E-state index contributed by atoms with van der Waals surface area (Å²) in [6, 6.07) is 6.36. The number of imidazole rings is 1. The molecule has 2 aromatic carbocycles. The Kier molecular flexibility index (Phi) is 10.5. The molecular weight excluding hydrogens is 702 g/mol. The third-order valence-electron chi connectivity index (χ3n) is 8.04. The van der Waals surface area contributed by atoms with E-state index in [1.165, 1.54) is 40.8 Å². The van der Waals surface area contributed by atoms with E-state index in [0.717, 1.165) is 39.9 Å². The summed E-state index contributed by atoms with van der Waals surface area (Å²) in [4.78, 5) is 48.8. The van der Waals surface area contributed by atoms with E-state index in [0.29, 0.717) is 12.1 Å². The van der Waals surface area contributed by atoms with E-state index in [9.17, 15) is 49.5 Å². The Balaban J connectivity index is 1.89. The Morgan fingerprint density at radius 2 is 1.58 bits per heavy atom. The van der Waals surface area contributed by atoms with Crippen molar-refractivity contribution in [3.63, 3.8) is 0 Å². The number of Topliss-reactive ketones (excluding diaryl/α,β-unsaturated/α-hetero) is 1. The summed E-state index contributed by atoms with van der Waals surface area (Å²) in [7, 11) is 1.29. The predicted molar refractivity (Wildman–Crippen MR) is 166 cm³/mol. The van der Waals surface area contributed by atoms with Crippen molar-refractivity contribution in [2.75, 3.05) is 12.4 Å². The molecule has 0 spiro atoms. The van der Waals surface area contributed by atoms with Gasteiger partial charge >= 0.3 is 12.4 Å². The Labute approximate surface area is 285 Å². The van der Waals surface area contributed by atoms with E-state index in [1.54, 1.807) is 0 Å². The van der Waals surface area contributed by atoms with Gasteiger partial charge in [-0.05, 0) is 74.4 Å². The number of hydrogen-bond donors (Lipinski definition) is 1. The number of rotatable bonds is 9. The molecule has 1 N–H and O–H groups in total. The van der Waals surface area contributed by atoms with E-state index in [1.807, 2.05) is 0 Å². The summed E-state index contributed by atoms with van der Waals surface area (Å²) in [6.45, 7) is 5.08. The average molecular weight is 730 g/mol. The molecule has 0 saturated carbocycles. The number of hydrogen-bond acceptors (Lipinski definition) is 5. The van der Waals surface area contributed by atoms with Crippen molar-refractivity contribution in [2.45, 2.75) is 58.0 Å². The summed E-state index contributed by atoms with van der Waals surface area (Å²) in [5.41, 5.74) is -4.56. The van der Waals surface area contributed by atoms with Crippen molar-refractivity contribution in [1.82, 2.24) is 19.4 Å². The Bertz CT molecular complexity index is 1960. The van der Waals surface area contributed by atoms with E-state index in [4.69, 9.17) is 11.6 Å². The second-order valence-electron chi connectivity index (χ2n) is 11.9. The maximum atomic E-state index is 14.4. The van der Waals surface area contributed by atoms with Crippen LogP contribution in [0.5, 0.6) is 0 Å². The normalized spacial score (nSPS) is 12.8. The lowest BCUT2D eigenvalue weighted by Gasteiger charge is -2.36. The van der Waals surface area contributed by atoms with Gasteiger partial charge in [-0.25, -0.2) is 13.8 Å². The van der Waals surface area contributed by atoms with Gasteiger partial charge in [-0.2, -0.15) is 26.3 Å². The summed E-state index contributed by atoms with van der Waals surface area (Å²) in [5, 5.41) is 2.33. The smallest absolute Gasteiger partial charge is 0.330 e. The zero-order valence-corrected chi connectivity index (χ0v) is 27.7. The molecule has 2 heterocycles. The minimum Gasteiger partial charge on any atom is -0.330 e. The minimum absolute atomic E-state index is 0.0348. The molecular formula is C33H28ClF8N5O3. The van der Waals surface area contributed by atoms with Gasteiger partial charge in [-0.1, -0.05) is 24.6 Å². The molecule has 2 amide bonds. The number of nitrogens with one attached hydrogen (secondary N) is 1. The number of ketones is 1. The number of anilines is 1. The standard InChI is InChI=1S/C33H28ClF8N5O3/c1-16(48)15-47-26(17(2)23-13-21(35)7-8-24(23)34)27(45-29(49)18-10-20(32(37,38)39)12-22(36)11-18)44-28(47)30(50)46(5)31(3,4)19-6-9-25(43-14-19)33(40,41)42/h6-14,17H,15H2,1-5H3,(H,45,49)/t17-/m0/s1. The molecule has 50 heavy (non-hydrogen) atoms. The van der Waals surface area contributed by atoms with E-state index in [2.05, 4.69) is 15.3 Å². The molecule has 4 rings (SSSR count). The SMILES string of the molecule is CC(=O)Cn1c(C(=O)N(C)C(C)(C)c2ccc(C(F)(F)F)nc2)nc(NC(=O)c2cc(F)cc(C(F)(F)F)c2)c1[C@@H](C)c1cc(F)ccc1Cl. The van der Waals surface area contributed by atoms with Crippen LogP contribution in [0.3, 0.4) is 0 Å². The van der Waals surface area contributed by atoms with Gasteiger partial charge in [0.2, 0.25) is 5.82 Å². The molecule has 0 unspecified atom stereocenters. The maximum absolute atomic E-state index is 14.4. The zero-order valence-electron chi connectivity index (χ0n) is 26.9. The van der Waals surface area contributed by atoms with Gasteiger partial charge < -0.3 is 14.8 Å². The number of carbonyl (C=O) groups excluding carboxylic acids is 3. The van der Waals surface area contributed by atoms with Gasteiger partial charge in [-0.3, -0.25) is 19.4 Å². The third kappa shape index (κ3) is 7.95. The highest BCUT2D eigenvalue weighted by Gasteiger charge is 2.38. The molecule has 0 aliphatic carbocycles. The van der Waals surface area contributed by atoms with Crippen molar-refractivity contribution in [2.24, 2.45) is 0 Å². The fourth-order valence-electron chi connectivity index (χ4n) is 5.12. The monoisotopic (exact) mass is 729 g/mol. The Hall–Kier alpha value is -4.86. The van der Waals surface area contributed by atoms with Gasteiger partial charge in [0.15, 0.2) is 5.82 Å². The number of benzene rings is 2. The van der Waals surface area contributed by atoms with Crippen molar-refractivity contribution in [1.29, 1.82) is 0 Å². The van der Waals surface area contributed by atoms with Crippen LogP contribution in [0.4, 0.5) is 40.9 Å². The highest BCUT2D eigenvalue weighted by Crippen LogP contribution is 2.38. The van der Waals surface area contributed by atoms with Crippen LogP contribution >= 0.6 is 11.6 Å². The second-order valence-corrected chi connectivity index (χ2v) is 12.3. The van der Waals surface area contributed by atoms with Crippen molar-refractivity contribution in [3.8, 4) is 0 Å². The molecule has 1 atom stereocenters. The third-order valence-corrected chi connectivity index (χ3v) is 8.38.